The summed E-state index contributed by atoms with van der Waals surface area (Å²) in [6.07, 6.45) is 4.88. The van der Waals surface area contributed by atoms with Crippen LogP contribution in [0.1, 0.15) is 17.7 Å². The fraction of sp³-hybridized carbons (Fsp3) is 0.188. The second-order valence-electron chi connectivity index (χ2n) is 5.00. The summed E-state index contributed by atoms with van der Waals surface area (Å²) in [5, 5.41) is 1.68. The number of fused-ring (bicyclic) bond motifs is 2. The van der Waals surface area contributed by atoms with Gasteiger partial charge in [-0.2, -0.15) is 0 Å². The van der Waals surface area contributed by atoms with Crippen LogP contribution in [0.3, 0.4) is 0 Å². The van der Waals surface area contributed by atoms with Gasteiger partial charge in [0.2, 0.25) is 0 Å². The van der Waals surface area contributed by atoms with Gasteiger partial charge in [-0.05, 0) is 31.4 Å². The highest BCUT2D eigenvalue weighted by molar-refractivity contribution is 6.30. The molecule has 2 heterocycles. The summed E-state index contributed by atoms with van der Waals surface area (Å²) in [7, 11) is 0. The maximum absolute atomic E-state index is 6.30. The van der Waals surface area contributed by atoms with E-state index in [4.69, 9.17) is 16.6 Å². The Labute approximate surface area is 121 Å². The lowest BCUT2D eigenvalue weighted by atomic mass is 10.1. The first-order valence-electron chi connectivity index (χ1n) is 6.72. The molecule has 0 atom stereocenters. The van der Waals surface area contributed by atoms with Crippen LogP contribution >= 0.6 is 11.6 Å². The molecule has 1 aliphatic rings. The Hall–Kier alpha value is -2.00. The molecule has 1 aliphatic carbocycles. The van der Waals surface area contributed by atoms with Crippen LogP contribution in [0.5, 0.6) is 0 Å². The van der Waals surface area contributed by atoms with Crippen LogP contribution in [0.2, 0.25) is 5.15 Å². The molecule has 0 unspecified atom stereocenters. The maximum Gasteiger partial charge on any atom is 0.163 e. The third-order valence-corrected chi connectivity index (χ3v) is 4.07. The Balaban J connectivity index is 1.98. The van der Waals surface area contributed by atoms with Gasteiger partial charge >= 0.3 is 0 Å². The summed E-state index contributed by atoms with van der Waals surface area (Å²) in [5.74, 6) is 0.681. The van der Waals surface area contributed by atoms with Crippen molar-refractivity contribution in [1.29, 1.82) is 0 Å². The minimum atomic E-state index is 0.593. The molecular weight excluding hydrogens is 270 g/mol. The van der Waals surface area contributed by atoms with Gasteiger partial charge in [0.05, 0.1) is 5.52 Å². The van der Waals surface area contributed by atoms with E-state index in [0.29, 0.717) is 11.0 Å². The summed E-state index contributed by atoms with van der Waals surface area (Å²) in [6.45, 7) is 0. The van der Waals surface area contributed by atoms with E-state index in [1.54, 1.807) is 6.20 Å². The standard InChI is InChI=1S/C16H12ClN3/c17-15-11-6-2-8-13(11)19-16(20-15)12-7-1-4-10-5-3-9-18-14(10)12/h1,3-5,7,9H,2,6,8H2. The summed E-state index contributed by atoms with van der Waals surface area (Å²) in [4.78, 5) is 13.6. The number of pyridine rings is 1. The number of rotatable bonds is 1. The quantitative estimate of drug-likeness (QED) is 0.636. The van der Waals surface area contributed by atoms with Crippen molar-refractivity contribution >= 4 is 22.5 Å². The lowest BCUT2D eigenvalue weighted by Crippen LogP contribution is -1.98. The molecule has 0 saturated heterocycles. The topological polar surface area (TPSA) is 38.7 Å². The van der Waals surface area contributed by atoms with Crippen molar-refractivity contribution in [2.75, 3.05) is 0 Å². The van der Waals surface area contributed by atoms with Crippen molar-refractivity contribution in [1.82, 2.24) is 15.0 Å². The molecule has 4 heteroatoms. The minimum Gasteiger partial charge on any atom is -0.255 e. The maximum atomic E-state index is 6.30. The molecule has 3 aromatic rings. The number of nitrogens with zero attached hydrogens (tertiary/aromatic N) is 3. The predicted octanol–water partition coefficient (Wildman–Crippen LogP) is 3.83. The molecule has 0 N–H and O–H groups in total. The van der Waals surface area contributed by atoms with E-state index in [1.165, 1.54) is 0 Å². The van der Waals surface area contributed by atoms with Crippen molar-refractivity contribution in [3.05, 3.63) is 52.9 Å². The lowest BCUT2D eigenvalue weighted by Gasteiger charge is -2.07. The molecule has 0 aliphatic heterocycles. The van der Waals surface area contributed by atoms with Gasteiger partial charge in [-0.25, -0.2) is 9.97 Å². The van der Waals surface area contributed by atoms with E-state index in [2.05, 4.69) is 9.97 Å². The van der Waals surface area contributed by atoms with Crippen LogP contribution in [-0.2, 0) is 12.8 Å². The molecule has 0 bridgehead atoms. The lowest BCUT2D eigenvalue weighted by molar-refractivity contribution is 0.900. The molecule has 4 rings (SSSR count). The Kier molecular flexibility index (Phi) is 2.67. The first-order chi connectivity index (χ1) is 9.83. The largest absolute Gasteiger partial charge is 0.255 e. The number of hydrogen-bond donors (Lipinski definition) is 0. The van der Waals surface area contributed by atoms with Crippen molar-refractivity contribution in [2.45, 2.75) is 19.3 Å². The molecule has 1 aromatic carbocycles. The second-order valence-corrected chi connectivity index (χ2v) is 5.36. The SMILES string of the molecule is Clc1nc(-c2cccc3cccnc23)nc2c1CCC2. The number of halogens is 1. The third kappa shape index (κ3) is 1.78. The average molecular weight is 282 g/mol. The summed E-state index contributed by atoms with van der Waals surface area (Å²) in [5.41, 5.74) is 4.07. The normalized spacial score (nSPS) is 13.7. The zero-order valence-corrected chi connectivity index (χ0v) is 11.6. The monoisotopic (exact) mass is 281 g/mol. The first kappa shape index (κ1) is 11.8. The van der Waals surface area contributed by atoms with Gasteiger partial charge in [-0.15, -0.1) is 0 Å². The molecule has 98 valence electrons. The van der Waals surface area contributed by atoms with Gasteiger partial charge in [0, 0.05) is 28.4 Å². The van der Waals surface area contributed by atoms with Crippen molar-refractivity contribution < 1.29 is 0 Å². The Bertz CT molecular complexity index is 809. The number of hydrogen-bond acceptors (Lipinski definition) is 3. The molecule has 0 amide bonds. The molecule has 0 fully saturated rings. The molecule has 3 nitrogen and oxygen atoms in total. The fourth-order valence-corrected chi connectivity index (χ4v) is 3.08. The Morgan fingerprint density at radius 1 is 1.00 bits per heavy atom. The Morgan fingerprint density at radius 3 is 2.85 bits per heavy atom. The molecule has 2 aromatic heterocycles. The highest BCUT2D eigenvalue weighted by atomic mass is 35.5. The van der Waals surface area contributed by atoms with Crippen molar-refractivity contribution in [2.24, 2.45) is 0 Å². The van der Waals surface area contributed by atoms with Gasteiger partial charge in [0.15, 0.2) is 5.82 Å². The van der Waals surface area contributed by atoms with Crippen LogP contribution in [0.15, 0.2) is 36.5 Å². The van der Waals surface area contributed by atoms with E-state index in [9.17, 15) is 0 Å². The zero-order chi connectivity index (χ0) is 13.5. The van der Waals surface area contributed by atoms with Crippen molar-refractivity contribution in [3.8, 4) is 11.4 Å². The van der Waals surface area contributed by atoms with Crippen LogP contribution in [-0.4, -0.2) is 15.0 Å². The molecule has 0 radical (unpaired) electrons. The van der Waals surface area contributed by atoms with Gasteiger partial charge in [0.1, 0.15) is 5.15 Å². The average Bonchev–Trinajstić information content (AvgIpc) is 2.95. The number of aryl methyl sites for hydroxylation is 1. The van der Waals surface area contributed by atoms with E-state index < -0.39 is 0 Å². The van der Waals surface area contributed by atoms with Crippen LogP contribution in [0.4, 0.5) is 0 Å². The fourth-order valence-electron chi connectivity index (χ4n) is 2.79. The van der Waals surface area contributed by atoms with E-state index in [1.807, 2.05) is 30.3 Å². The van der Waals surface area contributed by atoms with Gasteiger partial charge in [0.25, 0.3) is 0 Å². The number of para-hydroxylation sites is 1. The molecular formula is C16H12ClN3. The van der Waals surface area contributed by atoms with Crippen LogP contribution in [0.25, 0.3) is 22.3 Å². The zero-order valence-electron chi connectivity index (χ0n) is 10.8. The second kappa shape index (κ2) is 4.53. The van der Waals surface area contributed by atoms with Gasteiger partial charge in [-0.3, -0.25) is 4.98 Å². The molecule has 0 saturated carbocycles. The molecule has 0 spiro atoms. The summed E-state index contributed by atoms with van der Waals surface area (Å²) < 4.78 is 0. The highest BCUT2D eigenvalue weighted by Gasteiger charge is 2.19. The first-order valence-corrected chi connectivity index (χ1v) is 7.10. The predicted molar refractivity (Wildman–Crippen MR) is 79.8 cm³/mol. The smallest absolute Gasteiger partial charge is 0.163 e. The number of aromatic nitrogens is 3. The summed E-state index contributed by atoms with van der Waals surface area (Å²) in [6, 6.07) is 10.0. The van der Waals surface area contributed by atoms with E-state index in [-0.39, 0.29) is 0 Å². The van der Waals surface area contributed by atoms with Gasteiger partial charge in [-0.1, -0.05) is 29.8 Å². The number of benzene rings is 1. The van der Waals surface area contributed by atoms with Crippen molar-refractivity contribution in [3.63, 3.8) is 0 Å². The summed E-state index contributed by atoms with van der Waals surface area (Å²) >= 11 is 6.30. The van der Waals surface area contributed by atoms with Crippen LogP contribution in [0, 0.1) is 0 Å². The van der Waals surface area contributed by atoms with Crippen LogP contribution < -0.4 is 0 Å². The van der Waals surface area contributed by atoms with Gasteiger partial charge < -0.3 is 0 Å². The van der Waals surface area contributed by atoms with E-state index >= 15 is 0 Å². The van der Waals surface area contributed by atoms with E-state index in [0.717, 1.165) is 47.0 Å². The highest BCUT2D eigenvalue weighted by Crippen LogP contribution is 2.31. The third-order valence-electron chi connectivity index (χ3n) is 3.76. The molecule has 20 heavy (non-hydrogen) atoms. The Morgan fingerprint density at radius 2 is 1.90 bits per heavy atom. The minimum absolute atomic E-state index is 0.593.